The van der Waals surface area contributed by atoms with E-state index < -0.39 is 5.97 Å². The van der Waals surface area contributed by atoms with Gasteiger partial charge in [0.1, 0.15) is 17.5 Å². The van der Waals surface area contributed by atoms with E-state index in [0.717, 1.165) is 0 Å². The first kappa shape index (κ1) is 10.9. The third-order valence-corrected chi connectivity index (χ3v) is 1.92. The Balaban J connectivity index is 2.24. The molecule has 0 spiro atoms. The molecule has 0 aliphatic rings. The Kier molecular flexibility index (Phi) is 2.87. The number of H-pyrrole nitrogens is 1. The van der Waals surface area contributed by atoms with Gasteiger partial charge in [-0.1, -0.05) is 0 Å². The number of nitrogens with zero attached hydrogens (tertiary/aromatic N) is 3. The minimum Gasteiger partial charge on any atom is -0.460 e. The lowest BCUT2D eigenvalue weighted by Gasteiger charge is -1.93. The van der Waals surface area contributed by atoms with Crippen molar-refractivity contribution in [2.24, 2.45) is 0 Å². The molecule has 17 heavy (non-hydrogen) atoms. The van der Waals surface area contributed by atoms with E-state index in [2.05, 4.69) is 15.1 Å². The lowest BCUT2D eigenvalue weighted by molar-refractivity contribution is 0.0508. The van der Waals surface area contributed by atoms with Gasteiger partial charge < -0.3 is 14.2 Å². The average Bonchev–Trinajstić information content (AvgIpc) is 2.98. The van der Waals surface area contributed by atoms with Crippen molar-refractivity contribution in [1.29, 1.82) is 5.26 Å². The van der Waals surface area contributed by atoms with Gasteiger partial charge >= 0.3 is 5.97 Å². The molecule has 0 radical (unpaired) electrons. The molecule has 86 valence electrons. The Hall–Kier alpha value is -2.62. The Bertz CT molecular complexity index is 578. The van der Waals surface area contributed by atoms with Gasteiger partial charge in [0.15, 0.2) is 0 Å². The van der Waals surface area contributed by atoms with Crippen LogP contribution >= 0.6 is 0 Å². The summed E-state index contributed by atoms with van der Waals surface area (Å²) in [5.74, 6) is -0.654. The topological polar surface area (TPSA) is 105 Å². The molecule has 0 atom stereocenters. The van der Waals surface area contributed by atoms with E-state index in [-0.39, 0.29) is 18.3 Å². The SMILES string of the molecule is CCOC(=O)c1noc(-c2ccc(C#N)[nH]2)n1. The number of esters is 1. The first-order valence-electron chi connectivity index (χ1n) is 4.85. The van der Waals surface area contributed by atoms with Crippen LogP contribution in [0.1, 0.15) is 23.2 Å². The molecular formula is C10H8N4O3. The minimum atomic E-state index is -0.644. The molecule has 0 amide bonds. The van der Waals surface area contributed by atoms with Crippen molar-refractivity contribution in [2.75, 3.05) is 6.61 Å². The number of hydrogen-bond acceptors (Lipinski definition) is 6. The van der Waals surface area contributed by atoms with Crippen LogP contribution in [0.25, 0.3) is 11.6 Å². The Morgan fingerprint density at radius 3 is 3.12 bits per heavy atom. The summed E-state index contributed by atoms with van der Waals surface area (Å²) >= 11 is 0. The van der Waals surface area contributed by atoms with Gasteiger partial charge in [-0.05, 0) is 24.2 Å². The Labute approximate surface area is 96.0 Å². The molecule has 7 heteroatoms. The molecule has 0 aliphatic heterocycles. The van der Waals surface area contributed by atoms with Gasteiger partial charge in [-0.25, -0.2) is 4.79 Å². The zero-order valence-corrected chi connectivity index (χ0v) is 8.93. The third kappa shape index (κ3) is 2.15. The second-order valence-corrected chi connectivity index (χ2v) is 3.04. The summed E-state index contributed by atoms with van der Waals surface area (Å²) in [7, 11) is 0. The van der Waals surface area contributed by atoms with E-state index >= 15 is 0 Å². The minimum absolute atomic E-state index is 0.134. The van der Waals surface area contributed by atoms with E-state index in [0.29, 0.717) is 11.4 Å². The zero-order valence-electron chi connectivity index (χ0n) is 8.93. The van der Waals surface area contributed by atoms with E-state index in [1.165, 1.54) is 0 Å². The van der Waals surface area contributed by atoms with E-state index in [1.54, 1.807) is 19.1 Å². The second-order valence-electron chi connectivity index (χ2n) is 3.04. The van der Waals surface area contributed by atoms with E-state index in [9.17, 15) is 4.79 Å². The van der Waals surface area contributed by atoms with Crippen LogP contribution in [0.5, 0.6) is 0 Å². The number of aromatic nitrogens is 3. The lowest BCUT2D eigenvalue weighted by atomic mass is 10.4. The summed E-state index contributed by atoms with van der Waals surface area (Å²) in [5, 5.41) is 12.1. The fourth-order valence-corrected chi connectivity index (χ4v) is 1.20. The molecule has 0 unspecified atom stereocenters. The van der Waals surface area contributed by atoms with Crippen LogP contribution in [0, 0.1) is 11.3 Å². The molecule has 0 aliphatic carbocycles. The number of carbonyl (C=O) groups excluding carboxylic acids is 1. The molecule has 1 N–H and O–H groups in total. The first-order valence-corrected chi connectivity index (χ1v) is 4.85. The standard InChI is InChI=1S/C10H8N4O3/c1-2-16-10(15)8-13-9(17-14-8)7-4-3-6(5-11)12-7/h3-4,12H,2H2,1H3. The summed E-state index contributed by atoms with van der Waals surface area (Å²) in [6.45, 7) is 1.92. The predicted octanol–water partition coefficient (Wildman–Crippen LogP) is 1.11. The highest BCUT2D eigenvalue weighted by Crippen LogP contribution is 2.16. The van der Waals surface area contributed by atoms with Crippen molar-refractivity contribution in [3.63, 3.8) is 0 Å². The highest BCUT2D eigenvalue weighted by molar-refractivity contribution is 5.85. The number of nitriles is 1. The van der Waals surface area contributed by atoms with Crippen LogP contribution in [0.3, 0.4) is 0 Å². The maximum absolute atomic E-state index is 11.3. The van der Waals surface area contributed by atoms with Crippen molar-refractivity contribution in [3.8, 4) is 17.7 Å². The molecule has 0 saturated carbocycles. The summed E-state index contributed by atoms with van der Waals surface area (Å²) in [6, 6.07) is 5.12. The molecule has 2 aromatic rings. The van der Waals surface area contributed by atoms with E-state index in [1.807, 2.05) is 6.07 Å². The molecule has 2 aromatic heterocycles. The van der Waals surface area contributed by atoms with Crippen molar-refractivity contribution >= 4 is 5.97 Å². The fraction of sp³-hybridized carbons (Fsp3) is 0.200. The number of hydrogen-bond donors (Lipinski definition) is 1. The molecule has 0 aromatic carbocycles. The van der Waals surface area contributed by atoms with Gasteiger partial charge in [-0.15, -0.1) is 0 Å². The maximum Gasteiger partial charge on any atom is 0.379 e. The van der Waals surface area contributed by atoms with Gasteiger partial charge in [-0.2, -0.15) is 10.2 Å². The normalized spacial score (nSPS) is 9.88. The predicted molar refractivity (Wildman–Crippen MR) is 54.8 cm³/mol. The van der Waals surface area contributed by atoms with Gasteiger partial charge in [-0.3, -0.25) is 0 Å². The number of carbonyl (C=O) groups is 1. The van der Waals surface area contributed by atoms with Crippen molar-refractivity contribution < 1.29 is 14.1 Å². The third-order valence-electron chi connectivity index (χ3n) is 1.92. The number of ether oxygens (including phenoxy) is 1. The maximum atomic E-state index is 11.3. The van der Waals surface area contributed by atoms with Crippen LogP contribution in [0.2, 0.25) is 0 Å². The highest BCUT2D eigenvalue weighted by Gasteiger charge is 2.17. The van der Waals surface area contributed by atoms with Crippen LogP contribution in [-0.2, 0) is 4.74 Å². The van der Waals surface area contributed by atoms with Crippen molar-refractivity contribution in [2.45, 2.75) is 6.92 Å². The van der Waals surface area contributed by atoms with Crippen LogP contribution < -0.4 is 0 Å². The second kappa shape index (κ2) is 4.49. The molecule has 2 rings (SSSR count). The average molecular weight is 232 g/mol. The molecule has 0 fully saturated rings. The van der Waals surface area contributed by atoms with Crippen molar-refractivity contribution in [3.05, 3.63) is 23.7 Å². The fourth-order valence-electron chi connectivity index (χ4n) is 1.20. The molecule has 0 bridgehead atoms. The highest BCUT2D eigenvalue weighted by atomic mass is 16.5. The lowest BCUT2D eigenvalue weighted by Crippen LogP contribution is -2.06. The summed E-state index contributed by atoms with van der Waals surface area (Å²) in [6.07, 6.45) is 0. The van der Waals surface area contributed by atoms with Crippen LogP contribution in [0.15, 0.2) is 16.7 Å². The van der Waals surface area contributed by atoms with Gasteiger partial charge in [0.25, 0.3) is 11.7 Å². The van der Waals surface area contributed by atoms with Crippen LogP contribution in [-0.4, -0.2) is 27.7 Å². The largest absolute Gasteiger partial charge is 0.460 e. The quantitative estimate of drug-likeness (QED) is 0.794. The molecular weight excluding hydrogens is 224 g/mol. The zero-order chi connectivity index (χ0) is 12.3. The summed E-state index contributed by atoms with van der Waals surface area (Å²) < 4.78 is 9.59. The van der Waals surface area contributed by atoms with Gasteiger partial charge in [0.05, 0.1) is 6.61 Å². The first-order chi connectivity index (χ1) is 8.24. The van der Waals surface area contributed by atoms with Crippen LogP contribution in [0.4, 0.5) is 0 Å². The van der Waals surface area contributed by atoms with Gasteiger partial charge in [0.2, 0.25) is 0 Å². The summed E-state index contributed by atoms with van der Waals surface area (Å²) in [5.41, 5.74) is 0.848. The summed E-state index contributed by atoms with van der Waals surface area (Å²) in [4.78, 5) is 17.9. The van der Waals surface area contributed by atoms with Crippen molar-refractivity contribution in [1.82, 2.24) is 15.1 Å². The number of rotatable bonds is 3. The smallest absolute Gasteiger partial charge is 0.379 e. The molecule has 0 saturated heterocycles. The molecule has 2 heterocycles. The monoisotopic (exact) mass is 232 g/mol. The Morgan fingerprint density at radius 1 is 1.65 bits per heavy atom. The number of nitrogens with one attached hydrogen (secondary N) is 1. The Morgan fingerprint density at radius 2 is 2.47 bits per heavy atom. The molecule has 7 nitrogen and oxygen atoms in total. The van der Waals surface area contributed by atoms with Gasteiger partial charge in [0, 0.05) is 0 Å². The van der Waals surface area contributed by atoms with E-state index in [4.69, 9.17) is 14.5 Å². The number of aromatic amines is 1.